The van der Waals surface area contributed by atoms with Gasteiger partial charge in [0.2, 0.25) is 5.91 Å². The van der Waals surface area contributed by atoms with E-state index in [-0.39, 0.29) is 11.8 Å². The zero-order valence-electron chi connectivity index (χ0n) is 14.4. The molecule has 7 heteroatoms. The summed E-state index contributed by atoms with van der Waals surface area (Å²) >= 11 is 0. The Morgan fingerprint density at radius 1 is 1.44 bits per heavy atom. The van der Waals surface area contributed by atoms with Crippen LogP contribution in [-0.4, -0.2) is 51.9 Å². The quantitative estimate of drug-likeness (QED) is 0.861. The number of likely N-dealkylation sites (tertiary alicyclic amines) is 1. The molecule has 0 radical (unpaired) electrons. The molecule has 25 heavy (non-hydrogen) atoms. The third kappa shape index (κ3) is 3.17. The number of amides is 1. The van der Waals surface area contributed by atoms with Crippen LogP contribution in [0.5, 0.6) is 0 Å². The summed E-state index contributed by atoms with van der Waals surface area (Å²) in [5.41, 5.74) is 1.74. The van der Waals surface area contributed by atoms with Gasteiger partial charge < -0.3 is 10.1 Å². The van der Waals surface area contributed by atoms with E-state index >= 15 is 0 Å². The lowest BCUT2D eigenvalue weighted by atomic mass is 9.80. The van der Waals surface area contributed by atoms with Crippen molar-refractivity contribution in [1.29, 1.82) is 0 Å². The number of ether oxygens (including phenoxy) is 1. The van der Waals surface area contributed by atoms with Gasteiger partial charge in [0, 0.05) is 63.3 Å². The summed E-state index contributed by atoms with van der Waals surface area (Å²) in [6.45, 7) is 4.09. The lowest BCUT2D eigenvalue weighted by molar-refractivity contribution is -0.131. The average molecular weight is 341 g/mol. The van der Waals surface area contributed by atoms with Crippen molar-refractivity contribution in [2.24, 2.45) is 18.4 Å². The van der Waals surface area contributed by atoms with Gasteiger partial charge in [-0.05, 0) is 11.6 Å². The Labute approximate surface area is 147 Å². The predicted octanol–water partition coefficient (Wildman–Crippen LogP) is 0.580. The van der Waals surface area contributed by atoms with Crippen LogP contribution in [0.1, 0.15) is 11.1 Å². The Balaban J connectivity index is 1.42. The Kier molecular flexibility index (Phi) is 4.27. The Morgan fingerprint density at radius 2 is 2.36 bits per heavy atom. The van der Waals surface area contributed by atoms with Gasteiger partial charge in [-0.2, -0.15) is 5.10 Å². The topological polar surface area (TPSA) is 72.3 Å². The molecule has 1 N–H and O–H groups in total. The van der Waals surface area contributed by atoms with Gasteiger partial charge in [0.15, 0.2) is 0 Å². The highest BCUT2D eigenvalue weighted by Gasteiger charge is 2.55. The minimum absolute atomic E-state index is 0.0903. The zero-order valence-corrected chi connectivity index (χ0v) is 14.4. The average Bonchev–Trinajstić information content (AvgIpc) is 3.28. The molecule has 7 nitrogen and oxygen atoms in total. The lowest BCUT2D eigenvalue weighted by Crippen LogP contribution is -2.46. The van der Waals surface area contributed by atoms with Crippen LogP contribution >= 0.6 is 0 Å². The number of aryl methyl sites for hydroxylation is 1. The second-order valence-corrected chi connectivity index (χ2v) is 7.10. The number of fused-ring (bicyclic) bond motifs is 1. The summed E-state index contributed by atoms with van der Waals surface area (Å²) < 4.78 is 7.49. The molecule has 1 amide bonds. The molecule has 132 valence electrons. The predicted molar refractivity (Wildman–Crippen MR) is 91.3 cm³/mol. The minimum atomic E-state index is -0.440. The van der Waals surface area contributed by atoms with Crippen molar-refractivity contribution in [3.05, 3.63) is 48.0 Å². The number of rotatable bonds is 5. The number of carbonyl (C=O) groups is 1. The standard InChI is InChI=1S/C18H23N5O2/c1-22-8-15(7-21-22)9-23-10-16-11-25-13-18(16,12-23)17(24)20-6-14-3-2-4-19-5-14/h2-5,7-8,16H,6,9-13H2,1H3,(H,20,24)/t16-,18-/m1/s1. The van der Waals surface area contributed by atoms with Crippen LogP contribution in [-0.2, 0) is 29.7 Å². The maximum atomic E-state index is 13.0. The van der Waals surface area contributed by atoms with E-state index in [0.29, 0.717) is 19.8 Å². The van der Waals surface area contributed by atoms with Crippen molar-refractivity contribution < 1.29 is 9.53 Å². The molecule has 0 bridgehead atoms. The van der Waals surface area contributed by atoms with Gasteiger partial charge in [-0.15, -0.1) is 0 Å². The van der Waals surface area contributed by atoms with Crippen LogP contribution in [0.25, 0.3) is 0 Å². The van der Waals surface area contributed by atoms with Gasteiger partial charge in [0.25, 0.3) is 0 Å². The van der Waals surface area contributed by atoms with Gasteiger partial charge >= 0.3 is 0 Å². The summed E-state index contributed by atoms with van der Waals surface area (Å²) in [7, 11) is 1.92. The molecule has 2 atom stereocenters. The van der Waals surface area contributed by atoms with Crippen molar-refractivity contribution >= 4 is 5.91 Å². The summed E-state index contributed by atoms with van der Waals surface area (Å²) in [6.07, 6.45) is 7.43. The van der Waals surface area contributed by atoms with E-state index < -0.39 is 5.41 Å². The minimum Gasteiger partial charge on any atom is -0.380 e. The van der Waals surface area contributed by atoms with E-state index in [2.05, 4.69) is 20.3 Å². The normalized spacial score (nSPS) is 25.9. The number of aromatic nitrogens is 3. The lowest BCUT2D eigenvalue weighted by Gasteiger charge is -2.26. The summed E-state index contributed by atoms with van der Waals surface area (Å²) in [5.74, 6) is 0.339. The highest BCUT2D eigenvalue weighted by molar-refractivity contribution is 5.84. The number of nitrogens with one attached hydrogen (secondary N) is 1. The number of nitrogens with zero attached hydrogens (tertiary/aromatic N) is 4. The van der Waals surface area contributed by atoms with Crippen molar-refractivity contribution in [1.82, 2.24) is 25.0 Å². The molecule has 0 saturated carbocycles. The molecule has 2 aromatic heterocycles. The van der Waals surface area contributed by atoms with E-state index in [1.165, 1.54) is 5.56 Å². The monoisotopic (exact) mass is 341 g/mol. The van der Waals surface area contributed by atoms with E-state index in [9.17, 15) is 4.79 Å². The van der Waals surface area contributed by atoms with Crippen LogP contribution in [0.3, 0.4) is 0 Å². The van der Waals surface area contributed by atoms with Crippen LogP contribution in [0, 0.1) is 11.3 Å². The van der Waals surface area contributed by atoms with Gasteiger partial charge in [0.1, 0.15) is 0 Å². The van der Waals surface area contributed by atoms with Gasteiger partial charge in [-0.3, -0.25) is 19.4 Å². The molecule has 2 aromatic rings. The van der Waals surface area contributed by atoms with Gasteiger partial charge in [-0.25, -0.2) is 0 Å². The molecule has 4 heterocycles. The zero-order chi connectivity index (χ0) is 17.3. The fourth-order valence-corrected chi connectivity index (χ4v) is 3.95. The summed E-state index contributed by atoms with van der Waals surface area (Å²) in [5, 5.41) is 7.32. The number of hydrogen-bond donors (Lipinski definition) is 1. The molecular formula is C18H23N5O2. The SMILES string of the molecule is Cn1cc(CN2C[C@@H]3COC[C@]3(C(=O)NCc3cccnc3)C2)cn1. The summed E-state index contributed by atoms with van der Waals surface area (Å²) in [6, 6.07) is 3.85. The van der Waals surface area contributed by atoms with Gasteiger partial charge in [0.05, 0.1) is 24.8 Å². The first-order chi connectivity index (χ1) is 12.2. The van der Waals surface area contributed by atoms with Crippen molar-refractivity contribution in [3.8, 4) is 0 Å². The molecule has 4 rings (SSSR count). The first-order valence-electron chi connectivity index (χ1n) is 8.60. The van der Waals surface area contributed by atoms with Crippen LogP contribution < -0.4 is 5.32 Å². The van der Waals surface area contributed by atoms with Crippen LogP contribution in [0.4, 0.5) is 0 Å². The number of pyridine rings is 1. The van der Waals surface area contributed by atoms with Crippen LogP contribution in [0.15, 0.2) is 36.9 Å². The number of carbonyl (C=O) groups excluding carboxylic acids is 1. The molecule has 2 fully saturated rings. The number of hydrogen-bond acceptors (Lipinski definition) is 5. The fourth-order valence-electron chi connectivity index (χ4n) is 3.95. The van der Waals surface area contributed by atoms with Gasteiger partial charge in [-0.1, -0.05) is 6.07 Å². The van der Waals surface area contributed by atoms with Crippen molar-refractivity contribution in [2.45, 2.75) is 13.1 Å². The Morgan fingerprint density at radius 3 is 3.12 bits per heavy atom. The smallest absolute Gasteiger partial charge is 0.230 e. The highest BCUT2D eigenvalue weighted by atomic mass is 16.5. The largest absolute Gasteiger partial charge is 0.380 e. The molecule has 0 spiro atoms. The first-order valence-corrected chi connectivity index (χ1v) is 8.60. The molecular weight excluding hydrogens is 318 g/mol. The fraction of sp³-hybridized carbons (Fsp3) is 0.500. The van der Waals surface area contributed by atoms with Crippen molar-refractivity contribution in [2.75, 3.05) is 26.3 Å². The van der Waals surface area contributed by atoms with Crippen molar-refractivity contribution in [3.63, 3.8) is 0 Å². The second kappa shape index (κ2) is 6.57. The first kappa shape index (κ1) is 16.2. The Bertz CT molecular complexity index is 747. The second-order valence-electron chi connectivity index (χ2n) is 7.10. The molecule has 0 aromatic carbocycles. The molecule has 2 aliphatic rings. The van der Waals surface area contributed by atoms with Crippen LogP contribution in [0.2, 0.25) is 0 Å². The third-order valence-corrected chi connectivity index (χ3v) is 5.24. The van der Waals surface area contributed by atoms with E-state index in [1.54, 1.807) is 12.4 Å². The molecule has 2 aliphatic heterocycles. The maximum absolute atomic E-state index is 13.0. The molecule has 2 saturated heterocycles. The molecule has 0 unspecified atom stereocenters. The highest BCUT2D eigenvalue weighted by Crippen LogP contribution is 2.42. The van der Waals surface area contributed by atoms with E-state index in [4.69, 9.17) is 4.74 Å². The third-order valence-electron chi connectivity index (χ3n) is 5.24. The molecule has 0 aliphatic carbocycles. The summed E-state index contributed by atoms with van der Waals surface area (Å²) in [4.78, 5) is 19.4. The van der Waals surface area contributed by atoms with E-state index in [0.717, 1.165) is 25.2 Å². The Hall–Kier alpha value is -2.25. The maximum Gasteiger partial charge on any atom is 0.230 e. The van der Waals surface area contributed by atoms with E-state index in [1.807, 2.05) is 36.3 Å².